The first-order chi connectivity index (χ1) is 15.6. The average molecular weight is 425 g/mol. The third-order valence-electron chi connectivity index (χ3n) is 4.96. The number of aryl methyl sites for hydroxylation is 1. The molecular formula is C23H19N7O2. The summed E-state index contributed by atoms with van der Waals surface area (Å²) in [5, 5.41) is 11.6. The van der Waals surface area contributed by atoms with Gasteiger partial charge in [0.2, 0.25) is 5.88 Å². The van der Waals surface area contributed by atoms with Crippen LogP contribution in [0.5, 0.6) is 11.6 Å². The van der Waals surface area contributed by atoms with Crippen LogP contribution in [-0.4, -0.2) is 42.3 Å². The molecule has 32 heavy (non-hydrogen) atoms. The monoisotopic (exact) mass is 425 g/mol. The number of rotatable bonds is 5. The molecule has 5 rings (SSSR count). The number of carbonyl (C=O) groups is 1. The van der Waals surface area contributed by atoms with Crippen LogP contribution in [0.1, 0.15) is 10.4 Å². The van der Waals surface area contributed by atoms with Gasteiger partial charge < -0.3 is 10.1 Å². The number of nitrogens with one attached hydrogen (secondary N) is 1. The largest absolute Gasteiger partial charge is 0.437 e. The van der Waals surface area contributed by atoms with Crippen LogP contribution in [0.3, 0.4) is 0 Å². The summed E-state index contributed by atoms with van der Waals surface area (Å²) in [6.07, 6.45) is 8.54. The summed E-state index contributed by atoms with van der Waals surface area (Å²) in [6.45, 7) is 0. The Kier molecular flexibility index (Phi) is 4.83. The van der Waals surface area contributed by atoms with Crippen LogP contribution in [0, 0.1) is 0 Å². The Labute approximate surface area is 183 Å². The third-order valence-corrected chi connectivity index (χ3v) is 4.96. The van der Waals surface area contributed by atoms with Crippen molar-refractivity contribution in [3.05, 3.63) is 79.0 Å². The van der Waals surface area contributed by atoms with Crippen LogP contribution in [0.25, 0.3) is 28.0 Å². The van der Waals surface area contributed by atoms with Gasteiger partial charge in [0.1, 0.15) is 5.75 Å². The summed E-state index contributed by atoms with van der Waals surface area (Å²) >= 11 is 0. The zero-order valence-corrected chi connectivity index (χ0v) is 17.4. The van der Waals surface area contributed by atoms with Crippen molar-refractivity contribution in [2.24, 2.45) is 7.05 Å². The molecule has 0 aliphatic carbocycles. The van der Waals surface area contributed by atoms with Gasteiger partial charge in [0.25, 0.3) is 5.91 Å². The number of aromatic nitrogens is 6. The molecule has 9 heteroatoms. The minimum absolute atomic E-state index is 0.215. The Morgan fingerprint density at radius 3 is 2.62 bits per heavy atom. The first kappa shape index (κ1) is 19.4. The second-order valence-corrected chi connectivity index (χ2v) is 7.14. The molecule has 9 nitrogen and oxygen atoms in total. The Morgan fingerprint density at radius 2 is 1.88 bits per heavy atom. The van der Waals surface area contributed by atoms with Crippen molar-refractivity contribution in [1.29, 1.82) is 0 Å². The number of amides is 1. The van der Waals surface area contributed by atoms with Crippen LogP contribution >= 0.6 is 0 Å². The third kappa shape index (κ3) is 3.56. The fraction of sp³-hybridized carbons (Fsp3) is 0.0870. The number of pyridine rings is 1. The van der Waals surface area contributed by atoms with Crippen molar-refractivity contribution in [2.75, 3.05) is 7.05 Å². The molecule has 1 amide bonds. The SMILES string of the molecule is CNC(=O)c1cncc(-c2cnc3cc(-c4cnn(C)c4)c(Oc4ccccc4)nn23)c1. The number of benzene rings is 1. The quantitative estimate of drug-likeness (QED) is 0.464. The van der Waals surface area contributed by atoms with Gasteiger partial charge in [0.15, 0.2) is 5.65 Å². The Balaban J connectivity index is 1.67. The molecule has 1 N–H and O–H groups in total. The lowest BCUT2D eigenvalue weighted by Gasteiger charge is -2.11. The van der Waals surface area contributed by atoms with Crippen molar-refractivity contribution >= 4 is 11.6 Å². The van der Waals surface area contributed by atoms with Crippen molar-refractivity contribution < 1.29 is 9.53 Å². The fourth-order valence-electron chi connectivity index (χ4n) is 3.39. The van der Waals surface area contributed by atoms with Crippen LogP contribution in [0.4, 0.5) is 0 Å². The predicted octanol–water partition coefficient (Wildman–Crippen LogP) is 3.34. The average Bonchev–Trinajstić information content (AvgIpc) is 3.44. The van der Waals surface area contributed by atoms with E-state index in [4.69, 9.17) is 9.84 Å². The number of fused-ring (bicyclic) bond motifs is 1. The molecule has 4 aromatic heterocycles. The van der Waals surface area contributed by atoms with E-state index in [1.165, 1.54) is 6.20 Å². The van der Waals surface area contributed by atoms with E-state index in [2.05, 4.69) is 20.4 Å². The number of hydrogen-bond acceptors (Lipinski definition) is 6. The standard InChI is InChI=1S/C23H19N7O2/c1-24-22(31)16-8-15(10-25-11-16)20-13-26-21-9-19(17-12-27-29(2)14-17)23(28-30(20)21)32-18-6-4-3-5-7-18/h3-14H,1-2H3,(H,24,31). The first-order valence-electron chi connectivity index (χ1n) is 9.90. The van der Waals surface area contributed by atoms with E-state index >= 15 is 0 Å². The number of ether oxygens (including phenoxy) is 1. The number of carbonyl (C=O) groups excluding carboxylic acids is 1. The van der Waals surface area contributed by atoms with Gasteiger partial charge in [-0.3, -0.25) is 14.5 Å². The van der Waals surface area contributed by atoms with Crippen molar-refractivity contribution in [1.82, 2.24) is 34.7 Å². The topological polar surface area (TPSA) is 99.2 Å². The summed E-state index contributed by atoms with van der Waals surface area (Å²) in [7, 11) is 3.44. The maximum atomic E-state index is 12.0. The van der Waals surface area contributed by atoms with E-state index in [9.17, 15) is 4.79 Å². The van der Waals surface area contributed by atoms with Crippen LogP contribution in [0.15, 0.2) is 73.4 Å². The Hall–Kier alpha value is -4.53. The number of imidazole rings is 1. The van der Waals surface area contributed by atoms with Gasteiger partial charge in [-0.15, -0.1) is 5.10 Å². The normalized spacial score (nSPS) is 10.9. The van der Waals surface area contributed by atoms with E-state index in [-0.39, 0.29) is 5.91 Å². The molecule has 0 saturated heterocycles. The van der Waals surface area contributed by atoms with Crippen LogP contribution < -0.4 is 10.1 Å². The molecule has 0 bridgehead atoms. The van der Waals surface area contributed by atoms with Gasteiger partial charge in [0.05, 0.1) is 29.2 Å². The smallest absolute Gasteiger partial charge is 0.252 e. The van der Waals surface area contributed by atoms with Gasteiger partial charge in [0, 0.05) is 43.8 Å². The van der Waals surface area contributed by atoms with Gasteiger partial charge in [-0.2, -0.15) is 5.10 Å². The number of hydrogen-bond donors (Lipinski definition) is 1. The maximum absolute atomic E-state index is 12.0. The van der Waals surface area contributed by atoms with Crippen LogP contribution in [-0.2, 0) is 7.05 Å². The summed E-state index contributed by atoms with van der Waals surface area (Å²) in [4.78, 5) is 20.8. The van der Waals surface area contributed by atoms with Gasteiger partial charge in [-0.1, -0.05) is 18.2 Å². The van der Waals surface area contributed by atoms with Crippen molar-refractivity contribution in [2.45, 2.75) is 0 Å². The highest BCUT2D eigenvalue weighted by atomic mass is 16.5. The highest BCUT2D eigenvalue weighted by Gasteiger charge is 2.17. The summed E-state index contributed by atoms with van der Waals surface area (Å²) < 4.78 is 9.55. The second kappa shape index (κ2) is 7.95. The summed E-state index contributed by atoms with van der Waals surface area (Å²) in [6, 6.07) is 13.1. The molecule has 0 saturated carbocycles. The second-order valence-electron chi connectivity index (χ2n) is 7.14. The molecule has 0 radical (unpaired) electrons. The molecular weight excluding hydrogens is 406 g/mol. The van der Waals surface area contributed by atoms with E-state index in [1.807, 2.05) is 49.6 Å². The fourth-order valence-corrected chi connectivity index (χ4v) is 3.39. The highest BCUT2D eigenvalue weighted by molar-refractivity contribution is 5.94. The highest BCUT2D eigenvalue weighted by Crippen LogP contribution is 2.33. The van der Waals surface area contributed by atoms with Gasteiger partial charge in [-0.25, -0.2) is 9.50 Å². The number of para-hydroxylation sites is 1. The lowest BCUT2D eigenvalue weighted by molar-refractivity contribution is 0.0962. The summed E-state index contributed by atoms with van der Waals surface area (Å²) in [5.41, 5.74) is 4.11. The van der Waals surface area contributed by atoms with E-state index < -0.39 is 0 Å². The molecule has 1 aromatic carbocycles. The molecule has 0 unspecified atom stereocenters. The first-order valence-corrected chi connectivity index (χ1v) is 9.90. The minimum Gasteiger partial charge on any atom is -0.437 e. The van der Waals surface area contributed by atoms with Crippen molar-refractivity contribution in [3.63, 3.8) is 0 Å². The van der Waals surface area contributed by atoms with Crippen LogP contribution in [0.2, 0.25) is 0 Å². The lowest BCUT2D eigenvalue weighted by atomic mass is 10.1. The van der Waals surface area contributed by atoms with Gasteiger partial charge in [-0.05, 0) is 24.3 Å². The van der Waals surface area contributed by atoms with E-state index in [0.29, 0.717) is 34.1 Å². The Bertz CT molecular complexity index is 1420. The zero-order chi connectivity index (χ0) is 22.1. The molecule has 158 valence electrons. The van der Waals surface area contributed by atoms with E-state index in [1.54, 1.807) is 40.9 Å². The molecule has 0 aliphatic rings. The molecule has 0 spiro atoms. The molecule has 0 fully saturated rings. The zero-order valence-electron chi connectivity index (χ0n) is 17.4. The van der Waals surface area contributed by atoms with Crippen molar-refractivity contribution in [3.8, 4) is 34.0 Å². The lowest BCUT2D eigenvalue weighted by Crippen LogP contribution is -2.17. The molecule has 5 aromatic rings. The van der Waals surface area contributed by atoms with Gasteiger partial charge >= 0.3 is 0 Å². The maximum Gasteiger partial charge on any atom is 0.252 e. The van der Waals surface area contributed by atoms with E-state index in [0.717, 1.165) is 11.1 Å². The molecule has 0 aliphatic heterocycles. The number of nitrogens with zero attached hydrogens (tertiary/aromatic N) is 6. The minimum atomic E-state index is -0.215. The molecule has 0 atom stereocenters. The summed E-state index contributed by atoms with van der Waals surface area (Å²) in [5.74, 6) is 0.855. The predicted molar refractivity (Wildman–Crippen MR) is 118 cm³/mol. The molecule has 4 heterocycles. The Morgan fingerprint density at radius 1 is 1.03 bits per heavy atom.